The summed E-state index contributed by atoms with van der Waals surface area (Å²) in [5, 5.41) is 2.05. The van der Waals surface area contributed by atoms with Crippen molar-refractivity contribution in [3.05, 3.63) is 86.9 Å². The van der Waals surface area contributed by atoms with Gasteiger partial charge in [-0.3, -0.25) is 0 Å². The van der Waals surface area contributed by atoms with Gasteiger partial charge >= 0.3 is 0 Å². The number of methoxy groups -OCH3 is 2. The van der Waals surface area contributed by atoms with Crippen LogP contribution in [0.15, 0.2) is 65.7 Å². The number of aliphatic imine (C=N–C) groups is 1. The lowest BCUT2D eigenvalue weighted by molar-refractivity contribution is 0.405. The zero-order valence-electron chi connectivity index (χ0n) is 18.3. The summed E-state index contributed by atoms with van der Waals surface area (Å²) in [6.45, 7) is 1.29. The molecule has 0 saturated heterocycles. The second-order valence-corrected chi connectivity index (χ2v) is 8.86. The molecule has 9 heteroatoms. The van der Waals surface area contributed by atoms with Gasteiger partial charge in [0.05, 0.1) is 35.0 Å². The average molecular weight is 638 g/mol. The van der Waals surface area contributed by atoms with E-state index < -0.39 is 0 Å². The maximum Gasteiger partial charge on any atom is 0.164 e. The highest BCUT2D eigenvalue weighted by Crippen LogP contribution is 2.35. The molecule has 0 aliphatic carbocycles. The SMILES string of the molecule is COc1ccc(CN(Cc2ccc(OC)cc2)C(=Nc2cc(Cl)c(Cl)cc2Cl)SC)cc1.I. The van der Waals surface area contributed by atoms with Gasteiger partial charge in [0.2, 0.25) is 0 Å². The lowest BCUT2D eigenvalue weighted by Crippen LogP contribution is -2.27. The third-order valence-electron chi connectivity index (χ3n) is 4.72. The predicted octanol–water partition coefficient (Wildman–Crippen LogP) is 8.33. The van der Waals surface area contributed by atoms with Crippen molar-refractivity contribution < 1.29 is 9.47 Å². The molecular formula is C24H24Cl3IN2O2S. The highest BCUT2D eigenvalue weighted by molar-refractivity contribution is 14.0. The molecule has 0 aliphatic heterocycles. The number of rotatable bonds is 7. The minimum absolute atomic E-state index is 0. The molecule has 0 aliphatic rings. The Morgan fingerprint density at radius 3 is 1.67 bits per heavy atom. The molecular weight excluding hydrogens is 614 g/mol. The van der Waals surface area contributed by atoms with Gasteiger partial charge in [0.1, 0.15) is 11.5 Å². The Morgan fingerprint density at radius 1 is 0.788 bits per heavy atom. The largest absolute Gasteiger partial charge is 0.497 e. The Bertz CT molecular complexity index is 1030. The minimum atomic E-state index is 0. The number of amidine groups is 1. The molecule has 0 spiro atoms. The molecule has 0 N–H and O–H groups in total. The Morgan fingerprint density at radius 2 is 1.24 bits per heavy atom. The third kappa shape index (κ3) is 7.86. The van der Waals surface area contributed by atoms with Gasteiger partial charge in [0, 0.05) is 13.1 Å². The van der Waals surface area contributed by atoms with E-state index in [0.717, 1.165) is 27.8 Å². The fraction of sp³-hybridized carbons (Fsp3) is 0.208. The van der Waals surface area contributed by atoms with E-state index in [4.69, 9.17) is 49.3 Å². The van der Waals surface area contributed by atoms with Crippen LogP contribution in [0, 0.1) is 0 Å². The highest BCUT2D eigenvalue weighted by Gasteiger charge is 2.15. The van der Waals surface area contributed by atoms with Crippen LogP contribution in [0.1, 0.15) is 11.1 Å². The van der Waals surface area contributed by atoms with E-state index in [9.17, 15) is 0 Å². The number of ether oxygens (including phenoxy) is 2. The standard InChI is InChI=1S/C24H23Cl3N2O2S.HI/c1-30-18-8-4-16(5-9-18)14-29(15-17-6-10-19(31-2)11-7-17)24(32-3)28-23-13-21(26)20(25)12-22(23)27;/h4-13H,14-15H2,1-3H3;1H. The molecule has 3 aromatic carbocycles. The van der Waals surface area contributed by atoms with Crippen LogP contribution in [0.2, 0.25) is 15.1 Å². The smallest absolute Gasteiger partial charge is 0.164 e. The van der Waals surface area contributed by atoms with Crippen molar-refractivity contribution in [1.82, 2.24) is 4.90 Å². The van der Waals surface area contributed by atoms with Crippen LogP contribution in [0.4, 0.5) is 5.69 Å². The van der Waals surface area contributed by atoms with Crippen LogP contribution in [-0.4, -0.2) is 30.5 Å². The molecule has 0 fully saturated rings. The van der Waals surface area contributed by atoms with Crippen molar-refractivity contribution in [3.63, 3.8) is 0 Å². The first-order valence-electron chi connectivity index (χ1n) is 9.71. The van der Waals surface area contributed by atoms with Crippen LogP contribution in [0.25, 0.3) is 0 Å². The Labute approximate surface area is 231 Å². The molecule has 33 heavy (non-hydrogen) atoms. The third-order valence-corrected chi connectivity index (χ3v) is 6.46. The second kappa shape index (κ2) is 13.5. The lowest BCUT2D eigenvalue weighted by atomic mass is 10.1. The van der Waals surface area contributed by atoms with Crippen LogP contribution in [0.5, 0.6) is 11.5 Å². The summed E-state index contributed by atoms with van der Waals surface area (Å²) in [6, 6.07) is 19.3. The fourth-order valence-electron chi connectivity index (χ4n) is 3.04. The fourth-order valence-corrected chi connectivity index (χ4v) is 4.20. The number of thioether (sulfide) groups is 1. The van der Waals surface area contributed by atoms with Gasteiger partial charge < -0.3 is 14.4 Å². The van der Waals surface area contributed by atoms with Crippen LogP contribution in [0.3, 0.4) is 0 Å². The predicted molar refractivity (Wildman–Crippen MR) is 153 cm³/mol. The Hall–Kier alpha value is -1.32. The topological polar surface area (TPSA) is 34.1 Å². The maximum absolute atomic E-state index is 6.39. The first kappa shape index (κ1) is 27.9. The van der Waals surface area contributed by atoms with Crippen molar-refractivity contribution in [2.75, 3.05) is 20.5 Å². The van der Waals surface area contributed by atoms with Gasteiger partial charge in [-0.05, 0) is 53.8 Å². The maximum atomic E-state index is 6.39. The van der Waals surface area contributed by atoms with Gasteiger partial charge in [0.15, 0.2) is 5.17 Å². The number of halogens is 4. The summed E-state index contributed by atoms with van der Waals surface area (Å²) in [5.74, 6) is 1.63. The summed E-state index contributed by atoms with van der Waals surface area (Å²) in [4.78, 5) is 7.01. The summed E-state index contributed by atoms with van der Waals surface area (Å²) in [7, 11) is 3.31. The molecule has 0 unspecified atom stereocenters. The van der Waals surface area contributed by atoms with E-state index in [1.165, 1.54) is 11.8 Å². The molecule has 176 valence electrons. The molecule has 0 atom stereocenters. The molecule has 0 bridgehead atoms. The highest BCUT2D eigenvalue weighted by atomic mass is 127. The quantitative estimate of drug-likeness (QED) is 0.113. The van der Waals surface area contributed by atoms with E-state index in [0.29, 0.717) is 33.8 Å². The van der Waals surface area contributed by atoms with E-state index in [-0.39, 0.29) is 24.0 Å². The van der Waals surface area contributed by atoms with E-state index in [1.54, 1.807) is 26.4 Å². The molecule has 0 radical (unpaired) electrons. The van der Waals surface area contributed by atoms with Gasteiger partial charge in [-0.2, -0.15) is 0 Å². The van der Waals surface area contributed by atoms with Crippen molar-refractivity contribution in [3.8, 4) is 11.5 Å². The summed E-state index contributed by atoms with van der Waals surface area (Å²) in [6.07, 6.45) is 1.99. The number of hydrogen-bond acceptors (Lipinski definition) is 4. The molecule has 0 aromatic heterocycles. The second-order valence-electron chi connectivity index (χ2n) is 6.87. The first-order valence-corrected chi connectivity index (χ1v) is 12.1. The minimum Gasteiger partial charge on any atom is -0.497 e. The molecule has 0 saturated carbocycles. The number of nitrogens with zero attached hydrogens (tertiary/aromatic N) is 2. The molecule has 4 nitrogen and oxygen atoms in total. The van der Waals surface area contributed by atoms with E-state index in [1.807, 2.05) is 54.8 Å². The van der Waals surface area contributed by atoms with Gasteiger partial charge in [-0.25, -0.2) is 4.99 Å². The zero-order chi connectivity index (χ0) is 23.1. The zero-order valence-corrected chi connectivity index (χ0v) is 23.8. The van der Waals surface area contributed by atoms with Crippen LogP contribution < -0.4 is 9.47 Å². The van der Waals surface area contributed by atoms with Crippen molar-refractivity contribution in [2.45, 2.75) is 13.1 Å². The number of hydrogen-bond donors (Lipinski definition) is 0. The van der Waals surface area contributed by atoms with E-state index in [2.05, 4.69) is 4.90 Å². The van der Waals surface area contributed by atoms with E-state index >= 15 is 0 Å². The summed E-state index contributed by atoms with van der Waals surface area (Å²) >= 11 is 20.2. The Balaban J connectivity index is 0.00000385. The monoisotopic (exact) mass is 636 g/mol. The van der Waals surface area contributed by atoms with Crippen molar-refractivity contribution in [2.24, 2.45) is 4.99 Å². The molecule has 3 aromatic rings. The van der Waals surface area contributed by atoms with Gasteiger partial charge in [-0.15, -0.1) is 24.0 Å². The molecule has 0 heterocycles. The average Bonchev–Trinajstić information content (AvgIpc) is 2.81. The number of benzene rings is 3. The van der Waals surface area contributed by atoms with Crippen molar-refractivity contribution >= 4 is 81.4 Å². The summed E-state index contributed by atoms with van der Waals surface area (Å²) in [5.41, 5.74) is 2.82. The van der Waals surface area contributed by atoms with Crippen LogP contribution >= 0.6 is 70.5 Å². The summed E-state index contributed by atoms with van der Waals surface area (Å²) < 4.78 is 10.6. The van der Waals surface area contributed by atoms with Crippen LogP contribution in [-0.2, 0) is 13.1 Å². The van der Waals surface area contributed by atoms with Gasteiger partial charge in [0.25, 0.3) is 0 Å². The molecule has 3 rings (SSSR count). The van der Waals surface area contributed by atoms with Crippen molar-refractivity contribution in [1.29, 1.82) is 0 Å². The first-order chi connectivity index (χ1) is 15.4. The molecule has 0 amide bonds. The van der Waals surface area contributed by atoms with Gasteiger partial charge in [-0.1, -0.05) is 70.8 Å². The normalized spacial score (nSPS) is 11.0. The Kier molecular flexibility index (Phi) is 11.5. The lowest BCUT2D eigenvalue weighted by Gasteiger charge is -2.26.